The third-order valence-corrected chi connectivity index (χ3v) is 2.54. The van der Waals surface area contributed by atoms with Crippen molar-refractivity contribution in [3.05, 3.63) is 29.6 Å². The second-order valence-electron chi connectivity index (χ2n) is 3.73. The monoisotopic (exact) mass is 234 g/mol. The van der Waals surface area contributed by atoms with Crippen LogP contribution in [0.1, 0.15) is 28.9 Å². The minimum atomic E-state index is -1.11. The molecule has 1 fully saturated rings. The zero-order chi connectivity index (χ0) is 12.4. The van der Waals surface area contributed by atoms with Crippen LogP contribution in [0.3, 0.4) is 0 Å². The molecule has 0 spiro atoms. The summed E-state index contributed by atoms with van der Waals surface area (Å²) in [5.41, 5.74) is 0.575. The van der Waals surface area contributed by atoms with Gasteiger partial charge in [-0.2, -0.15) is 0 Å². The number of hydrogen-bond acceptors (Lipinski definition) is 4. The first-order valence-electron chi connectivity index (χ1n) is 5.09. The molecule has 0 bridgehead atoms. The fourth-order valence-electron chi connectivity index (χ4n) is 1.63. The van der Waals surface area contributed by atoms with Gasteiger partial charge in [-0.3, -0.25) is 14.5 Å². The first-order chi connectivity index (χ1) is 8.08. The van der Waals surface area contributed by atoms with E-state index in [2.05, 4.69) is 4.98 Å². The molecule has 1 aromatic heterocycles. The van der Waals surface area contributed by atoms with Crippen LogP contribution in [-0.4, -0.2) is 32.8 Å². The molecular weight excluding hydrogens is 224 g/mol. The number of rotatable bonds is 3. The van der Waals surface area contributed by atoms with E-state index in [-0.39, 0.29) is 36.9 Å². The molecule has 1 aliphatic rings. The van der Waals surface area contributed by atoms with E-state index in [9.17, 15) is 14.4 Å². The summed E-state index contributed by atoms with van der Waals surface area (Å²) >= 11 is 0. The van der Waals surface area contributed by atoms with Crippen LogP contribution < -0.4 is 0 Å². The van der Waals surface area contributed by atoms with Gasteiger partial charge in [0.05, 0.1) is 6.54 Å². The molecule has 1 saturated heterocycles. The van der Waals surface area contributed by atoms with Crippen molar-refractivity contribution in [1.82, 2.24) is 9.88 Å². The number of aromatic carboxylic acids is 1. The Labute approximate surface area is 96.9 Å². The topological polar surface area (TPSA) is 87.6 Å². The molecule has 0 aliphatic carbocycles. The van der Waals surface area contributed by atoms with Crippen LogP contribution in [0.2, 0.25) is 0 Å². The van der Waals surface area contributed by atoms with Gasteiger partial charge in [0.1, 0.15) is 5.69 Å². The first kappa shape index (κ1) is 11.3. The second-order valence-corrected chi connectivity index (χ2v) is 3.73. The molecule has 17 heavy (non-hydrogen) atoms. The predicted octanol–water partition coefficient (Wildman–Crippen LogP) is 0.429. The van der Waals surface area contributed by atoms with E-state index in [0.29, 0.717) is 5.56 Å². The van der Waals surface area contributed by atoms with E-state index in [4.69, 9.17) is 5.11 Å². The number of pyridine rings is 1. The Morgan fingerprint density at radius 1 is 1.29 bits per heavy atom. The van der Waals surface area contributed by atoms with E-state index in [1.807, 2.05) is 0 Å². The van der Waals surface area contributed by atoms with Crippen molar-refractivity contribution in [2.24, 2.45) is 0 Å². The van der Waals surface area contributed by atoms with E-state index in [0.717, 1.165) is 4.90 Å². The smallest absolute Gasteiger partial charge is 0.354 e. The van der Waals surface area contributed by atoms with Gasteiger partial charge >= 0.3 is 5.97 Å². The highest BCUT2D eigenvalue weighted by molar-refractivity contribution is 6.01. The number of aromatic nitrogens is 1. The lowest BCUT2D eigenvalue weighted by molar-refractivity contribution is -0.139. The highest BCUT2D eigenvalue weighted by Gasteiger charge is 2.28. The number of nitrogens with zero attached hydrogens (tertiary/aromatic N) is 2. The lowest BCUT2D eigenvalue weighted by Gasteiger charge is -2.13. The molecule has 0 unspecified atom stereocenters. The standard InChI is InChI=1S/C11H10N2O4/c14-9-3-4-10(15)13(9)6-7-1-2-8(11(16)17)12-5-7/h1-2,5H,3-4,6H2,(H,16,17). The molecule has 2 heterocycles. The highest BCUT2D eigenvalue weighted by atomic mass is 16.4. The summed E-state index contributed by atoms with van der Waals surface area (Å²) in [6.07, 6.45) is 1.86. The van der Waals surface area contributed by atoms with Crippen LogP contribution in [0.25, 0.3) is 0 Å². The first-order valence-corrected chi connectivity index (χ1v) is 5.09. The second kappa shape index (κ2) is 4.32. The molecule has 0 aromatic carbocycles. The number of hydrogen-bond donors (Lipinski definition) is 1. The van der Waals surface area contributed by atoms with E-state index in [1.165, 1.54) is 12.3 Å². The van der Waals surface area contributed by atoms with Crippen LogP contribution in [0.15, 0.2) is 18.3 Å². The van der Waals surface area contributed by atoms with Crippen molar-refractivity contribution in [1.29, 1.82) is 0 Å². The van der Waals surface area contributed by atoms with Gasteiger partial charge < -0.3 is 5.11 Å². The molecule has 1 aliphatic heterocycles. The number of imide groups is 1. The van der Waals surface area contributed by atoms with E-state index in [1.54, 1.807) is 6.07 Å². The predicted molar refractivity (Wildman–Crippen MR) is 56.0 cm³/mol. The Hall–Kier alpha value is -2.24. The van der Waals surface area contributed by atoms with Crippen molar-refractivity contribution < 1.29 is 19.5 Å². The van der Waals surface area contributed by atoms with Gasteiger partial charge in [-0.1, -0.05) is 6.07 Å². The molecule has 0 atom stereocenters. The van der Waals surface area contributed by atoms with Gasteiger partial charge in [0.2, 0.25) is 11.8 Å². The molecule has 1 N–H and O–H groups in total. The van der Waals surface area contributed by atoms with Crippen LogP contribution in [0, 0.1) is 0 Å². The third kappa shape index (κ3) is 2.30. The molecule has 88 valence electrons. The molecular formula is C11H10N2O4. The van der Waals surface area contributed by atoms with Crippen LogP contribution in [-0.2, 0) is 16.1 Å². The van der Waals surface area contributed by atoms with Crippen molar-refractivity contribution in [3.8, 4) is 0 Å². The minimum Gasteiger partial charge on any atom is -0.477 e. The Kier molecular flexibility index (Phi) is 2.86. The zero-order valence-electron chi connectivity index (χ0n) is 8.92. The lowest BCUT2D eigenvalue weighted by atomic mass is 10.2. The largest absolute Gasteiger partial charge is 0.477 e. The van der Waals surface area contributed by atoms with Gasteiger partial charge in [0.15, 0.2) is 0 Å². The van der Waals surface area contributed by atoms with Crippen LogP contribution >= 0.6 is 0 Å². The molecule has 6 nitrogen and oxygen atoms in total. The van der Waals surface area contributed by atoms with Gasteiger partial charge in [-0.05, 0) is 11.6 Å². The van der Waals surface area contributed by atoms with Gasteiger partial charge in [-0.15, -0.1) is 0 Å². The summed E-state index contributed by atoms with van der Waals surface area (Å²) < 4.78 is 0. The summed E-state index contributed by atoms with van der Waals surface area (Å²) in [5, 5.41) is 8.66. The summed E-state index contributed by atoms with van der Waals surface area (Å²) in [5.74, 6) is -1.50. The van der Waals surface area contributed by atoms with Gasteiger partial charge in [0.25, 0.3) is 0 Å². The summed E-state index contributed by atoms with van der Waals surface area (Å²) in [7, 11) is 0. The average molecular weight is 234 g/mol. The molecule has 1 aromatic rings. The van der Waals surface area contributed by atoms with Gasteiger partial charge in [0, 0.05) is 19.0 Å². The van der Waals surface area contributed by atoms with E-state index >= 15 is 0 Å². The Morgan fingerprint density at radius 2 is 1.94 bits per heavy atom. The normalized spacial score (nSPS) is 15.4. The fraction of sp³-hybridized carbons (Fsp3) is 0.273. The van der Waals surface area contributed by atoms with Crippen molar-refractivity contribution in [2.75, 3.05) is 0 Å². The highest BCUT2D eigenvalue weighted by Crippen LogP contribution is 2.15. The van der Waals surface area contributed by atoms with Crippen molar-refractivity contribution in [2.45, 2.75) is 19.4 Å². The maximum Gasteiger partial charge on any atom is 0.354 e. The van der Waals surface area contributed by atoms with Gasteiger partial charge in [-0.25, -0.2) is 9.78 Å². The van der Waals surface area contributed by atoms with Crippen molar-refractivity contribution >= 4 is 17.8 Å². The summed E-state index contributed by atoms with van der Waals surface area (Å²) in [6, 6.07) is 2.90. The maximum atomic E-state index is 11.4. The number of carboxylic acid groups (broad SMARTS) is 1. The molecule has 2 rings (SSSR count). The summed E-state index contributed by atoms with van der Waals surface area (Å²) in [6.45, 7) is 0.157. The SMILES string of the molecule is O=C(O)c1ccc(CN2C(=O)CCC2=O)cn1. The average Bonchev–Trinajstić information content (AvgIpc) is 2.61. The Morgan fingerprint density at radius 3 is 2.41 bits per heavy atom. The molecule has 2 amide bonds. The Balaban J connectivity index is 2.11. The molecule has 0 radical (unpaired) electrons. The van der Waals surface area contributed by atoms with Crippen LogP contribution in [0.5, 0.6) is 0 Å². The third-order valence-electron chi connectivity index (χ3n) is 2.54. The minimum absolute atomic E-state index is 0.0622. The van der Waals surface area contributed by atoms with Crippen LogP contribution in [0.4, 0.5) is 0 Å². The quantitative estimate of drug-likeness (QED) is 0.766. The maximum absolute atomic E-state index is 11.4. The number of likely N-dealkylation sites (tertiary alicyclic amines) is 1. The number of carbonyl (C=O) groups is 3. The Bertz CT molecular complexity index is 465. The summed E-state index contributed by atoms with van der Waals surface area (Å²) in [4.78, 5) is 38.2. The number of amides is 2. The van der Waals surface area contributed by atoms with Crippen molar-refractivity contribution in [3.63, 3.8) is 0 Å². The lowest BCUT2D eigenvalue weighted by Crippen LogP contribution is -2.28. The fourth-order valence-corrected chi connectivity index (χ4v) is 1.63. The van der Waals surface area contributed by atoms with E-state index < -0.39 is 5.97 Å². The molecule has 0 saturated carbocycles. The zero-order valence-corrected chi connectivity index (χ0v) is 8.92. The number of carbonyl (C=O) groups excluding carboxylic acids is 2. The molecule has 6 heteroatoms. The number of carboxylic acids is 1.